The van der Waals surface area contributed by atoms with Crippen molar-refractivity contribution >= 4 is 5.69 Å². The maximum atomic E-state index is 2.60. The molecule has 18 heavy (non-hydrogen) atoms. The first-order chi connectivity index (χ1) is 8.84. The van der Waals surface area contributed by atoms with E-state index in [0.29, 0.717) is 12.0 Å². The minimum atomic E-state index is 0.648. The summed E-state index contributed by atoms with van der Waals surface area (Å²) in [5.74, 6) is 0.648. The van der Waals surface area contributed by atoms with Crippen molar-refractivity contribution in [3.63, 3.8) is 0 Å². The van der Waals surface area contributed by atoms with Crippen LogP contribution in [0.25, 0.3) is 0 Å². The zero-order valence-electron chi connectivity index (χ0n) is 10.6. The van der Waals surface area contributed by atoms with Gasteiger partial charge in [0.25, 0.3) is 0 Å². The van der Waals surface area contributed by atoms with E-state index in [9.17, 15) is 0 Å². The number of rotatable bonds is 0. The molecule has 2 aliphatic heterocycles. The molecular formula is C17H17N. The van der Waals surface area contributed by atoms with Gasteiger partial charge in [0.05, 0.1) is 0 Å². The van der Waals surface area contributed by atoms with Crippen LogP contribution in [0, 0.1) is 0 Å². The minimum absolute atomic E-state index is 0.648. The fourth-order valence-corrected chi connectivity index (χ4v) is 3.60. The van der Waals surface area contributed by atoms with E-state index in [0.717, 1.165) is 6.54 Å². The first kappa shape index (κ1) is 10.2. The van der Waals surface area contributed by atoms with Gasteiger partial charge in [-0.2, -0.15) is 0 Å². The third-order valence-corrected chi connectivity index (χ3v) is 4.60. The Morgan fingerprint density at radius 2 is 1.67 bits per heavy atom. The van der Waals surface area contributed by atoms with Crippen molar-refractivity contribution in [3.8, 4) is 0 Å². The van der Waals surface area contributed by atoms with E-state index in [2.05, 4.69) is 60.4 Å². The van der Waals surface area contributed by atoms with Crippen molar-refractivity contribution in [2.45, 2.75) is 31.8 Å². The average Bonchev–Trinajstić information content (AvgIpc) is 2.71. The number of anilines is 1. The Morgan fingerprint density at radius 1 is 0.944 bits per heavy atom. The molecule has 0 fully saturated rings. The third kappa shape index (κ3) is 1.28. The van der Waals surface area contributed by atoms with Gasteiger partial charge in [0.15, 0.2) is 0 Å². The molecule has 4 rings (SSSR count). The van der Waals surface area contributed by atoms with E-state index in [1.165, 1.54) is 23.2 Å². The topological polar surface area (TPSA) is 3.24 Å². The molecule has 2 heterocycles. The van der Waals surface area contributed by atoms with Crippen LogP contribution in [0.5, 0.6) is 0 Å². The molecule has 0 aliphatic carbocycles. The highest BCUT2D eigenvalue weighted by Crippen LogP contribution is 2.44. The third-order valence-electron chi connectivity index (χ3n) is 4.60. The summed E-state index contributed by atoms with van der Waals surface area (Å²) in [7, 11) is 0. The Bertz CT molecular complexity index is 602. The number of fused-ring (bicyclic) bond motifs is 4. The molecule has 2 aromatic carbocycles. The Hall–Kier alpha value is -1.76. The molecule has 1 heteroatoms. The van der Waals surface area contributed by atoms with Gasteiger partial charge >= 0.3 is 0 Å². The number of nitrogens with zero attached hydrogens (tertiary/aromatic N) is 1. The van der Waals surface area contributed by atoms with Gasteiger partial charge in [-0.3, -0.25) is 0 Å². The Morgan fingerprint density at radius 3 is 2.56 bits per heavy atom. The van der Waals surface area contributed by atoms with Crippen LogP contribution >= 0.6 is 0 Å². The highest BCUT2D eigenvalue weighted by molar-refractivity contribution is 5.63. The molecule has 0 amide bonds. The molecule has 0 aromatic heterocycles. The summed E-state index contributed by atoms with van der Waals surface area (Å²) < 4.78 is 0. The zero-order valence-corrected chi connectivity index (χ0v) is 10.6. The fraction of sp³-hybridized carbons (Fsp3) is 0.294. The summed E-state index contributed by atoms with van der Waals surface area (Å²) in [4.78, 5) is 2.60. The van der Waals surface area contributed by atoms with Crippen LogP contribution in [0.15, 0.2) is 48.5 Å². The van der Waals surface area contributed by atoms with Gasteiger partial charge in [0, 0.05) is 24.2 Å². The van der Waals surface area contributed by atoms with Crippen LogP contribution in [-0.4, -0.2) is 6.04 Å². The first-order valence-electron chi connectivity index (χ1n) is 6.77. The van der Waals surface area contributed by atoms with Crippen molar-refractivity contribution < 1.29 is 0 Å². The lowest BCUT2D eigenvalue weighted by molar-refractivity contribution is 0.522. The number of hydrogen-bond donors (Lipinski definition) is 0. The smallest absolute Gasteiger partial charge is 0.0435 e. The predicted octanol–water partition coefficient (Wildman–Crippen LogP) is 3.74. The molecule has 2 unspecified atom stereocenters. The van der Waals surface area contributed by atoms with Crippen LogP contribution in [0.4, 0.5) is 5.69 Å². The Kier molecular flexibility index (Phi) is 2.05. The number of para-hydroxylation sites is 1. The molecule has 90 valence electrons. The van der Waals surface area contributed by atoms with Crippen molar-refractivity contribution in [1.82, 2.24) is 0 Å². The lowest BCUT2D eigenvalue weighted by Gasteiger charge is -2.35. The molecule has 2 aliphatic rings. The van der Waals surface area contributed by atoms with Gasteiger partial charge in [-0.05, 0) is 29.2 Å². The second-order valence-corrected chi connectivity index (χ2v) is 5.52. The summed E-state index contributed by atoms with van der Waals surface area (Å²) >= 11 is 0. The summed E-state index contributed by atoms with van der Waals surface area (Å²) in [5, 5.41) is 0. The quantitative estimate of drug-likeness (QED) is 0.672. The summed E-state index contributed by atoms with van der Waals surface area (Å²) in [6.07, 6.45) is 1.19. The van der Waals surface area contributed by atoms with Gasteiger partial charge in [-0.25, -0.2) is 0 Å². The van der Waals surface area contributed by atoms with Crippen molar-refractivity contribution in [3.05, 3.63) is 65.2 Å². The predicted molar refractivity (Wildman–Crippen MR) is 75.0 cm³/mol. The Labute approximate surface area is 108 Å². The first-order valence-corrected chi connectivity index (χ1v) is 6.77. The van der Waals surface area contributed by atoms with Crippen LogP contribution in [0.2, 0.25) is 0 Å². The molecular weight excluding hydrogens is 218 g/mol. The van der Waals surface area contributed by atoms with Gasteiger partial charge in [-0.15, -0.1) is 0 Å². The highest BCUT2D eigenvalue weighted by atomic mass is 15.2. The van der Waals surface area contributed by atoms with E-state index in [1.807, 2.05) is 0 Å². The lowest BCUT2D eigenvalue weighted by atomic mass is 9.88. The van der Waals surface area contributed by atoms with Crippen molar-refractivity contribution in [2.75, 3.05) is 4.90 Å². The Balaban J connectivity index is 1.83. The molecule has 2 atom stereocenters. The van der Waals surface area contributed by atoms with E-state index < -0.39 is 0 Å². The highest BCUT2D eigenvalue weighted by Gasteiger charge is 2.38. The van der Waals surface area contributed by atoms with E-state index >= 15 is 0 Å². The second kappa shape index (κ2) is 3.61. The lowest BCUT2D eigenvalue weighted by Crippen LogP contribution is -2.38. The molecule has 0 radical (unpaired) electrons. The molecule has 0 saturated carbocycles. The molecule has 0 saturated heterocycles. The summed E-state index contributed by atoms with van der Waals surface area (Å²) in [6, 6.07) is 18.4. The van der Waals surface area contributed by atoms with Crippen LogP contribution in [0.1, 0.15) is 29.5 Å². The molecule has 0 spiro atoms. The van der Waals surface area contributed by atoms with Crippen molar-refractivity contribution in [2.24, 2.45) is 0 Å². The zero-order chi connectivity index (χ0) is 12.1. The van der Waals surface area contributed by atoms with Gasteiger partial charge < -0.3 is 4.90 Å². The fourth-order valence-electron chi connectivity index (χ4n) is 3.60. The molecule has 1 nitrogen and oxygen atoms in total. The maximum absolute atomic E-state index is 2.60. The number of hydrogen-bond acceptors (Lipinski definition) is 1. The minimum Gasteiger partial charge on any atom is -0.363 e. The van der Waals surface area contributed by atoms with E-state index in [1.54, 1.807) is 5.56 Å². The van der Waals surface area contributed by atoms with Crippen LogP contribution in [0.3, 0.4) is 0 Å². The maximum Gasteiger partial charge on any atom is 0.0435 e. The monoisotopic (exact) mass is 235 g/mol. The number of benzene rings is 2. The van der Waals surface area contributed by atoms with E-state index in [-0.39, 0.29) is 0 Å². The second-order valence-electron chi connectivity index (χ2n) is 5.52. The van der Waals surface area contributed by atoms with Gasteiger partial charge in [0.2, 0.25) is 0 Å². The summed E-state index contributed by atoms with van der Waals surface area (Å²) in [6.45, 7) is 3.44. The molecule has 0 N–H and O–H groups in total. The SMILES string of the molecule is CC1c2ccccc2N2Cc3ccccc3CC12. The molecule has 0 bridgehead atoms. The van der Waals surface area contributed by atoms with Crippen LogP contribution in [-0.2, 0) is 13.0 Å². The van der Waals surface area contributed by atoms with E-state index in [4.69, 9.17) is 0 Å². The average molecular weight is 235 g/mol. The largest absolute Gasteiger partial charge is 0.363 e. The molecule has 2 aromatic rings. The van der Waals surface area contributed by atoms with Crippen molar-refractivity contribution in [1.29, 1.82) is 0 Å². The van der Waals surface area contributed by atoms with Gasteiger partial charge in [-0.1, -0.05) is 49.4 Å². The van der Waals surface area contributed by atoms with Crippen LogP contribution < -0.4 is 4.90 Å². The summed E-state index contributed by atoms with van der Waals surface area (Å²) in [5.41, 5.74) is 6.01. The normalized spacial score (nSPS) is 24.4. The standard InChI is InChI=1S/C17H17N/c1-12-15-8-4-5-9-16(15)18-11-14-7-3-2-6-13(14)10-17(12)18/h2-9,12,17H,10-11H2,1H3. The van der Waals surface area contributed by atoms with Gasteiger partial charge in [0.1, 0.15) is 0 Å².